The Morgan fingerprint density at radius 2 is 2.00 bits per heavy atom. The second-order valence-electron chi connectivity index (χ2n) is 6.57. The van der Waals surface area contributed by atoms with Gasteiger partial charge in [0.2, 0.25) is 0 Å². The molecule has 0 spiro atoms. The van der Waals surface area contributed by atoms with E-state index in [1.807, 2.05) is 39.0 Å². The van der Waals surface area contributed by atoms with E-state index in [2.05, 4.69) is 20.9 Å². The maximum Gasteiger partial charge on any atom is 0.135 e. The van der Waals surface area contributed by atoms with Gasteiger partial charge in [-0.1, -0.05) is 35.8 Å². The van der Waals surface area contributed by atoms with Crippen LogP contribution in [0.1, 0.15) is 37.5 Å². The number of rotatable bonds is 6. The van der Waals surface area contributed by atoms with Crippen LogP contribution >= 0.6 is 15.9 Å². The normalized spacial score (nSPS) is 11.4. The fourth-order valence-electron chi connectivity index (χ4n) is 2.31. The summed E-state index contributed by atoms with van der Waals surface area (Å²) in [7, 11) is 0. The summed E-state index contributed by atoms with van der Waals surface area (Å²) in [6.45, 7) is 7.51. The van der Waals surface area contributed by atoms with Crippen molar-refractivity contribution in [2.75, 3.05) is 0 Å². The highest BCUT2D eigenvalue weighted by atomic mass is 79.9. The van der Waals surface area contributed by atoms with E-state index >= 15 is 0 Å². The maximum atomic E-state index is 11.7. The van der Waals surface area contributed by atoms with Gasteiger partial charge in [0, 0.05) is 33.4 Å². The Hall–Kier alpha value is -1.88. The number of ether oxygens (including phenoxy) is 1. The molecule has 128 valence electrons. The Morgan fingerprint density at radius 1 is 1.29 bits per heavy atom. The van der Waals surface area contributed by atoms with Crippen molar-refractivity contribution < 1.29 is 14.6 Å². The quantitative estimate of drug-likeness (QED) is 0.781. The van der Waals surface area contributed by atoms with Gasteiger partial charge in [-0.3, -0.25) is 9.78 Å². The predicted octanol–water partition coefficient (Wildman–Crippen LogP) is 4.59. The van der Waals surface area contributed by atoms with Crippen LogP contribution in [0.5, 0.6) is 11.5 Å². The minimum Gasteiger partial charge on any atom is -0.507 e. The van der Waals surface area contributed by atoms with Gasteiger partial charge < -0.3 is 9.84 Å². The number of pyridine rings is 1. The molecule has 0 saturated heterocycles. The van der Waals surface area contributed by atoms with Gasteiger partial charge >= 0.3 is 0 Å². The Labute approximate surface area is 151 Å². The molecular formula is C19H22BrNO3. The zero-order valence-electron chi connectivity index (χ0n) is 14.4. The molecule has 0 bridgehead atoms. The number of aromatic hydroxyl groups is 1. The molecule has 0 aliphatic rings. The van der Waals surface area contributed by atoms with Crippen LogP contribution in [-0.2, 0) is 17.8 Å². The van der Waals surface area contributed by atoms with Crippen molar-refractivity contribution in [3.05, 3.63) is 51.8 Å². The zero-order valence-corrected chi connectivity index (χ0v) is 16.0. The van der Waals surface area contributed by atoms with Crippen molar-refractivity contribution in [1.82, 2.24) is 4.98 Å². The van der Waals surface area contributed by atoms with Gasteiger partial charge in [0.1, 0.15) is 23.9 Å². The molecule has 0 unspecified atom stereocenters. The summed E-state index contributed by atoms with van der Waals surface area (Å²) < 4.78 is 6.75. The zero-order chi connectivity index (χ0) is 17.9. The van der Waals surface area contributed by atoms with E-state index < -0.39 is 5.41 Å². The number of hydrogen-bond acceptors (Lipinski definition) is 4. The first-order valence-corrected chi connectivity index (χ1v) is 8.55. The molecule has 1 N–H and O–H groups in total. The van der Waals surface area contributed by atoms with Gasteiger partial charge in [-0.2, -0.15) is 0 Å². The minimum absolute atomic E-state index is 0.0984. The Kier molecular flexibility index (Phi) is 5.65. The van der Waals surface area contributed by atoms with Crippen LogP contribution in [0.2, 0.25) is 0 Å². The summed E-state index contributed by atoms with van der Waals surface area (Å²) in [5.74, 6) is 0.904. The first-order chi connectivity index (χ1) is 11.2. The fraction of sp³-hybridized carbons (Fsp3) is 0.368. The van der Waals surface area contributed by atoms with Crippen LogP contribution in [-0.4, -0.2) is 15.9 Å². The summed E-state index contributed by atoms with van der Waals surface area (Å²) in [5.41, 5.74) is 1.85. The molecule has 0 atom stereocenters. The molecule has 5 heteroatoms. The molecule has 4 nitrogen and oxygen atoms in total. The third kappa shape index (κ3) is 4.15. The van der Waals surface area contributed by atoms with Crippen molar-refractivity contribution in [2.24, 2.45) is 5.41 Å². The number of carbonyl (C=O) groups excluding carboxylic acids is 1. The van der Waals surface area contributed by atoms with Crippen molar-refractivity contribution in [2.45, 2.75) is 40.7 Å². The second-order valence-corrected chi connectivity index (χ2v) is 7.42. The minimum atomic E-state index is -0.507. The molecule has 0 amide bonds. The average molecular weight is 392 g/mol. The van der Waals surface area contributed by atoms with Crippen molar-refractivity contribution in [3.8, 4) is 11.5 Å². The standard InChI is InChI=1S/C19H22BrNO3/c1-12-17(24-11-15-10-21-8-7-16(15)20)6-5-14(18(12)23)9-19(3,4)13(2)22/h5-8,10,23H,9,11H2,1-4H3. The molecular weight excluding hydrogens is 370 g/mol. The molecule has 2 aromatic rings. The fourth-order valence-corrected chi connectivity index (χ4v) is 2.64. The van der Waals surface area contributed by atoms with Crippen LogP contribution in [0.4, 0.5) is 0 Å². The molecule has 0 saturated carbocycles. The number of phenolic OH excluding ortho intramolecular Hbond substituents is 1. The molecule has 0 fully saturated rings. The number of ketones is 1. The first-order valence-electron chi connectivity index (χ1n) is 7.76. The molecule has 1 heterocycles. The van der Waals surface area contributed by atoms with Gasteiger partial charge in [-0.15, -0.1) is 0 Å². The van der Waals surface area contributed by atoms with Gasteiger partial charge in [-0.25, -0.2) is 0 Å². The lowest BCUT2D eigenvalue weighted by atomic mass is 9.82. The molecule has 1 aromatic heterocycles. The van der Waals surface area contributed by atoms with E-state index in [4.69, 9.17) is 4.74 Å². The highest BCUT2D eigenvalue weighted by molar-refractivity contribution is 9.10. The van der Waals surface area contributed by atoms with E-state index in [0.29, 0.717) is 24.3 Å². The van der Waals surface area contributed by atoms with Crippen molar-refractivity contribution in [3.63, 3.8) is 0 Å². The topological polar surface area (TPSA) is 59.4 Å². The Balaban J connectivity index is 2.18. The number of carbonyl (C=O) groups is 1. The van der Waals surface area contributed by atoms with Gasteiger partial charge in [0.05, 0.1) is 0 Å². The molecule has 0 radical (unpaired) electrons. The summed E-state index contributed by atoms with van der Waals surface area (Å²) in [4.78, 5) is 15.8. The third-order valence-corrected chi connectivity index (χ3v) is 5.05. The van der Waals surface area contributed by atoms with E-state index in [-0.39, 0.29) is 11.5 Å². The molecule has 24 heavy (non-hydrogen) atoms. The molecule has 2 rings (SSSR count). The highest BCUT2D eigenvalue weighted by Gasteiger charge is 2.26. The third-order valence-electron chi connectivity index (χ3n) is 4.28. The van der Waals surface area contributed by atoms with Gasteiger partial charge in [0.15, 0.2) is 0 Å². The van der Waals surface area contributed by atoms with Gasteiger partial charge in [-0.05, 0) is 38.0 Å². The van der Waals surface area contributed by atoms with Crippen molar-refractivity contribution >= 4 is 21.7 Å². The number of halogens is 1. The maximum absolute atomic E-state index is 11.7. The summed E-state index contributed by atoms with van der Waals surface area (Å²) >= 11 is 3.46. The number of hydrogen-bond donors (Lipinski definition) is 1. The highest BCUT2D eigenvalue weighted by Crippen LogP contribution is 2.35. The second kappa shape index (κ2) is 7.34. The monoisotopic (exact) mass is 391 g/mol. The van der Waals surface area contributed by atoms with Crippen LogP contribution in [0.25, 0.3) is 0 Å². The number of benzene rings is 1. The average Bonchev–Trinajstić information content (AvgIpc) is 2.52. The van der Waals surface area contributed by atoms with Gasteiger partial charge in [0.25, 0.3) is 0 Å². The first kappa shape index (κ1) is 18.5. The van der Waals surface area contributed by atoms with E-state index in [0.717, 1.165) is 15.6 Å². The summed E-state index contributed by atoms with van der Waals surface area (Å²) in [6.07, 6.45) is 3.93. The number of Topliss-reactive ketones (excluding diaryl/α,β-unsaturated/α-hetero) is 1. The summed E-state index contributed by atoms with van der Waals surface area (Å²) in [5, 5.41) is 10.5. The number of phenols is 1. The predicted molar refractivity (Wildman–Crippen MR) is 97.3 cm³/mol. The van der Waals surface area contributed by atoms with Crippen LogP contribution < -0.4 is 4.74 Å². The number of nitrogens with zero attached hydrogens (tertiary/aromatic N) is 1. The lowest BCUT2D eigenvalue weighted by Crippen LogP contribution is -2.24. The Morgan fingerprint density at radius 3 is 2.62 bits per heavy atom. The number of aromatic nitrogens is 1. The lowest BCUT2D eigenvalue weighted by Gasteiger charge is -2.22. The molecule has 1 aromatic carbocycles. The molecule has 0 aliphatic carbocycles. The van der Waals surface area contributed by atoms with Crippen LogP contribution in [0, 0.1) is 12.3 Å². The van der Waals surface area contributed by atoms with E-state index in [1.54, 1.807) is 19.3 Å². The van der Waals surface area contributed by atoms with Crippen LogP contribution in [0.3, 0.4) is 0 Å². The van der Waals surface area contributed by atoms with Crippen LogP contribution in [0.15, 0.2) is 35.1 Å². The van der Waals surface area contributed by atoms with E-state index in [1.165, 1.54) is 0 Å². The molecule has 0 aliphatic heterocycles. The SMILES string of the molecule is CC(=O)C(C)(C)Cc1ccc(OCc2cnccc2Br)c(C)c1O. The smallest absolute Gasteiger partial charge is 0.135 e. The Bertz CT molecular complexity index is 756. The summed E-state index contributed by atoms with van der Waals surface area (Å²) in [6, 6.07) is 5.52. The lowest BCUT2D eigenvalue weighted by molar-refractivity contribution is -0.124. The largest absolute Gasteiger partial charge is 0.507 e. The van der Waals surface area contributed by atoms with E-state index in [9.17, 15) is 9.90 Å². The van der Waals surface area contributed by atoms with Crippen molar-refractivity contribution in [1.29, 1.82) is 0 Å².